The number of nitrogens with zero attached hydrogens (tertiary/aromatic N) is 1. The Morgan fingerprint density at radius 2 is 1.16 bits per heavy atom. The summed E-state index contributed by atoms with van der Waals surface area (Å²) in [6.45, 7) is 0. The van der Waals surface area contributed by atoms with E-state index in [0.29, 0.717) is 0 Å². The number of para-hydroxylation sites is 2. The van der Waals surface area contributed by atoms with Crippen molar-refractivity contribution in [2.75, 3.05) is 0 Å². The molecule has 3 heteroatoms. The minimum absolute atomic E-state index is 0.900. The third-order valence-electron chi connectivity index (χ3n) is 9.21. The third kappa shape index (κ3) is 3.62. The first kappa shape index (κ1) is 24.8. The minimum Gasteiger partial charge on any atom is -0.454 e. The molecular formula is C42H25NOS. The molecule has 3 heterocycles. The number of furan rings is 1. The lowest BCUT2D eigenvalue weighted by atomic mass is 9.98. The molecule has 0 amide bonds. The molecular weight excluding hydrogens is 567 g/mol. The molecule has 0 aliphatic carbocycles. The van der Waals surface area contributed by atoms with Crippen LogP contribution in [0.1, 0.15) is 0 Å². The SMILES string of the molecule is c1ccc(-c2ccc3c(c2)c2ccccc2n3-c2cccc3c2oc2cccc(-c4ccc5sc6ccccc6c5c4)c23)cc1. The molecule has 10 rings (SSSR count). The van der Waals surface area contributed by atoms with Crippen LogP contribution in [-0.2, 0) is 0 Å². The molecule has 0 atom stereocenters. The fourth-order valence-corrected chi connectivity index (χ4v) is 8.27. The number of thiophene rings is 1. The second-order valence-corrected chi connectivity index (χ2v) is 12.8. The monoisotopic (exact) mass is 591 g/mol. The van der Waals surface area contributed by atoms with Crippen molar-refractivity contribution < 1.29 is 4.42 Å². The van der Waals surface area contributed by atoms with E-state index in [-0.39, 0.29) is 0 Å². The first-order chi connectivity index (χ1) is 22.3. The zero-order valence-electron chi connectivity index (χ0n) is 24.2. The average Bonchev–Trinajstić information content (AvgIpc) is 3.77. The van der Waals surface area contributed by atoms with E-state index in [0.717, 1.165) is 27.6 Å². The Bertz CT molecular complexity index is 2760. The summed E-state index contributed by atoms with van der Waals surface area (Å²) in [6, 6.07) is 54.7. The van der Waals surface area contributed by atoms with Crippen molar-refractivity contribution in [3.05, 3.63) is 152 Å². The maximum absolute atomic E-state index is 6.78. The first-order valence-corrected chi connectivity index (χ1v) is 16.1. The molecule has 0 radical (unpaired) electrons. The molecule has 2 nitrogen and oxygen atoms in total. The third-order valence-corrected chi connectivity index (χ3v) is 10.4. The predicted molar refractivity (Wildman–Crippen MR) is 192 cm³/mol. The Kier molecular flexibility index (Phi) is 5.19. The molecule has 7 aromatic carbocycles. The molecule has 0 saturated carbocycles. The molecule has 0 unspecified atom stereocenters. The largest absolute Gasteiger partial charge is 0.454 e. The first-order valence-electron chi connectivity index (χ1n) is 15.3. The number of hydrogen-bond donors (Lipinski definition) is 0. The van der Waals surface area contributed by atoms with Gasteiger partial charge in [0.2, 0.25) is 0 Å². The van der Waals surface area contributed by atoms with Gasteiger partial charge in [0.15, 0.2) is 5.58 Å². The summed E-state index contributed by atoms with van der Waals surface area (Å²) in [7, 11) is 0. The van der Waals surface area contributed by atoms with Crippen molar-refractivity contribution in [1.82, 2.24) is 4.57 Å². The van der Waals surface area contributed by atoms with Crippen LogP contribution in [0, 0.1) is 0 Å². The Labute approximate surface area is 263 Å². The van der Waals surface area contributed by atoms with Gasteiger partial charge in [0.1, 0.15) is 5.58 Å². The normalized spacial score (nSPS) is 12.0. The number of rotatable bonds is 3. The summed E-state index contributed by atoms with van der Waals surface area (Å²) in [6.07, 6.45) is 0. The van der Waals surface area contributed by atoms with Gasteiger partial charge in [0, 0.05) is 41.7 Å². The van der Waals surface area contributed by atoms with Gasteiger partial charge in [-0.2, -0.15) is 0 Å². The number of benzene rings is 7. The quantitative estimate of drug-likeness (QED) is 0.200. The van der Waals surface area contributed by atoms with Gasteiger partial charge in [0.05, 0.1) is 16.7 Å². The Balaban J connectivity index is 1.22. The highest BCUT2D eigenvalue weighted by Gasteiger charge is 2.20. The highest BCUT2D eigenvalue weighted by Crippen LogP contribution is 2.43. The van der Waals surface area contributed by atoms with Crippen molar-refractivity contribution in [3.8, 4) is 27.9 Å². The van der Waals surface area contributed by atoms with Crippen LogP contribution in [0.5, 0.6) is 0 Å². The Morgan fingerprint density at radius 1 is 0.444 bits per heavy atom. The maximum Gasteiger partial charge on any atom is 0.159 e. The zero-order chi connectivity index (χ0) is 29.5. The van der Waals surface area contributed by atoms with Gasteiger partial charge in [-0.15, -0.1) is 11.3 Å². The lowest BCUT2D eigenvalue weighted by molar-refractivity contribution is 0.666. The minimum atomic E-state index is 0.900. The van der Waals surface area contributed by atoms with Crippen molar-refractivity contribution in [2.45, 2.75) is 0 Å². The number of hydrogen-bond acceptors (Lipinski definition) is 2. The van der Waals surface area contributed by atoms with E-state index in [1.807, 2.05) is 11.3 Å². The summed E-state index contributed by atoms with van der Waals surface area (Å²) in [5, 5.41) is 7.36. The van der Waals surface area contributed by atoms with Gasteiger partial charge in [-0.05, 0) is 70.8 Å². The molecule has 0 aliphatic rings. The molecule has 10 aromatic rings. The van der Waals surface area contributed by atoms with Crippen molar-refractivity contribution in [3.63, 3.8) is 0 Å². The van der Waals surface area contributed by atoms with Gasteiger partial charge in [0.25, 0.3) is 0 Å². The topological polar surface area (TPSA) is 18.1 Å². The second-order valence-electron chi connectivity index (χ2n) is 11.7. The van der Waals surface area contributed by atoms with Crippen LogP contribution in [0.3, 0.4) is 0 Å². The van der Waals surface area contributed by atoms with E-state index in [2.05, 4.69) is 156 Å². The van der Waals surface area contributed by atoms with Crippen molar-refractivity contribution in [1.29, 1.82) is 0 Å². The molecule has 0 saturated heterocycles. The molecule has 45 heavy (non-hydrogen) atoms. The molecule has 0 spiro atoms. The van der Waals surface area contributed by atoms with E-state index in [1.54, 1.807) is 0 Å². The van der Waals surface area contributed by atoms with Gasteiger partial charge in [-0.1, -0.05) is 103 Å². The van der Waals surface area contributed by atoms with E-state index in [1.165, 1.54) is 64.2 Å². The van der Waals surface area contributed by atoms with Crippen LogP contribution in [0.4, 0.5) is 0 Å². The van der Waals surface area contributed by atoms with Crippen LogP contribution in [0.2, 0.25) is 0 Å². The van der Waals surface area contributed by atoms with Crippen LogP contribution in [0.25, 0.3) is 91.9 Å². The molecule has 210 valence electrons. The fraction of sp³-hybridized carbons (Fsp3) is 0. The smallest absolute Gasteiger partial charge is 0.159 e. The van der Waals surface area contributed by atoms with E-state index >= 15 is 0 Å². The summed E-state index contributed by atoms with van der Waals surface area (Å²) in [5.41, 5.74) is 10.0. The van der Waals surface area contributed by atoms with Crippen LogP contribution in [0.15, 0.2) is 156 Å². The summed E-state index contributed by atoms with van der Waals surface area (Å²) in [4.78, 5) is 0. The molecule has 0 bridgehead atoms. The van der Waals surface area contributed by atoms with Crippen molar-refractivity contribution in [2.24, 2.45) is 0 Å². The highest BCUT2D eigenvalue weighted by atomic mass is 32.1. The number of fused-ring (bicyclic) bond motifs is 9. The van der Waals surface area contributed by atoms with Crippen LogP contribution < -0.4 is 0 Å². The lowest BCUT2D eigenvalue weighted by Crippen LogP contribution is -1.94. The Morgan fingerprint density at radius 3 is 2.09 bits per heavy atom. The number of aromatic nitrogens is 1. The second kappa shape index (κ2) is 9.43. The molecule has 0 N–H and O–H groups in total. The van der Waals surface area contributed by atoms with Gasteiger partial charge in [-0.25, -0.2) is 0 Å². The van der Waals surface area contributed by atoms with Gasteiger partial charge in [-0.3, -0.25) is 0 Å². The van der Waals surface area contributed by atoms with Gasteiger partial charge < -0.3 is 8.98 Å². The maximum atomic E-state index is 6.78. The predicted octanol–water partition coefficient (Wildman–Crippen LogP) is 12.4. The average molecular weight is 592 g/mol. The highest BCUT2D eigenvalue weighted by molar-refractivity contribution is 7.25. The Hall–Kier alpha value is -5.64. The molecule has 3 aromatic heterocycles. The molecule has 0 fully saturated rings. The van der Waals surface area contributed by atoms with E-state index < -0.39 is 0 Å². The summed E-state index contributed by atoms with van der Waals surface area (Å²) >= 11 is 1.85. The van der Waals surface area contributed by atoms with E-state index in [9.17, 15) is 0 Å². The zero-order valence-corrected chi connectivity index (χ0v) is 25.0. The van der Waals surface area contributed by atoms with E-state index in [4.69, 9.17) is 4.42 Å². The van der Waals surface area contributed by atoms with Crippen LogP contribution in [-0.4, -0.2) is 4.57 Å². The molecule has 0 aliphatic heterocycles. The summed E-state index contributed by atoms with van der Waals surface area (Å²) < 4.78 is 11.8. The summed E-state index contributed by atoms with van der Waals surface area (Å²) in [5.74, 6) is 0. The lowest BCUT2D eigenvalue weighted by Gasteiger charge is -2.09. The van der Waals surface area contributed by atoms with Crippen LogP contribution >= 0.6 is 11.3 Å². The van der Waals surface area contributed by atoms with Gasteiger partial charge >= 0.3 is 0 Å². The standard InChI is InChI=1S/C42H25NOS/c1-2-10-26(11-3-1)27-20-22-36-33(24-27)30-12-4-6-16-35(30)43(36)37-17-8-15-32-41-29(14-9-18-38(41)44-42(32)37)28-21-23-40-34(25-28)31-13-5-7-19-39(31)45-40/h1-25H. The van der Waals surface area contributed by atoms with Crippen molar-refractivity contribution >= 4 is 75.3 Å². The fourth-order valence-electron chi connectivity index (χ4n) is 7.19.